The van der Waals surface area contributed by atoms with Gasteiger partial charge in [-0.15, -0.1) is 0 Å². The topological polar surface area (TPSA) is 20.2 Å². The van der Waals surface area contributed by atoms with Crippen LogP contribution in [-0.2, 0) is 0 Å². The van der Waals surface area contributed by atoms with E-state index in [2.05, 4.69) is 59.8 Å². The van der Waals surface area contributed by atoms with E-state index in [9.17, 15) is 5.11 Å². The van der Waals surface area contributed by atoms with E-state index in [4.69, 9.17) is 0 Å². The first-order valence-electron chi connectivity index (χ1n) is 12.7. The van der Waals surface area contributed by atoms with Crippen LogP contribution in [0.5, 0.6) is 0 Å². The van der Waals surface area contributed by atoms with Crippen molar-refractivity contribution >= 4 is 0 Å². The molecular weight excluding hydrogens is 352 g/mol. The summed E-state index contributed by atoms with van der Waals surface area (Å²) >= 11 is 0. The molecule has 4 rings (SSSR count). The van der Waals surface area contributed by atoms with Crippen molar-refractivity contribution < 1.29 is 5.11 Å². The molecule has 29 heavy (non-hydrogen) atoms. The van der Waals surface area contributed by atoms with Gasteiger partial charge in [-0.2, -0.15) is 0 Å². The van der Waals surface area contributed by atoms with Crippen molar-refractivity contribution in [1.29, 1.82) is 0 Å². The molecule has 1 nitrogen and oxygen atoms in total. The predicted octanol–water partition coefficient (Wildman–Crippen LogP) is 7.41. The molecule has 3 fully saturated rings. The third-order valence-corrected chi connectivity index (χ3v) is 10.5. The van der Waals surface area contributed by atoms with Crippen LogP contribution in [0.4, 0.5) is 0 Å². The molecule has 0 aliphatic heterocycles. The Hall–Kier alpha value is -0.560. The van der Waals surface area contributed by atoms with Gasteiger partial charge in [0.15, 0.2) is 0 Å². The zero-order chi connectivity index (χ0) is 21.0. The average Bonchev–Trinajstić information content (AvgIpc) is 3.03. The Bertz CT molecular complexity index is 659. The van der Waals surface area contributed by atoms with Crippen LogP contribution in [0, 0.1) is 52.3 Å². The fourth-order valence-corrected chi connectivity index (χ4v) is 8.10. The molecule has 0 saturated heterocycles. The Balaban J connectivity index is 1.54. The van der Waals surface area contributed by atoms with Crippen molar-refractivity contribution in [2.75, 3.05) is 0 Å². The maximum atomic E-state index is 10.2. The second-order valence-electron chi connectivity index (χ2n) is 12.3. The summed E-state index contributed by atoms with van der Waals surface area (Å²) < 4.78 is 0. The van der Waals surface area contributed by atoms with E-state index < -0.39 is 0 Å². The molecule has 0 aromatic heterocycles. The monoisotopic (exact) mass is 398 g/mol. The molecule has 4 aliphatic carbocycles. The van der Waals surface area contributed by atoms with Gasteiger partial charge in [-0.3, -0.25) is 0 Å². The molecule has 164 valence electrons. The number of hydrogen-bond donors (Lipinski definition) is 1. The standard InChI is InChI=1S/C28H46O/c1-18(2)19(3)7-8-20(4)24-11-12-25-23-10-9-21-17-22(29)13-15-27(21,5)26(23)14-16-28(24,25)6/h7-8,10,18-22,24-26,29H,9,11-17H2,1-6H3/b8-7+/t19-,20+,21+,22+,24-,25+,26+,27+,28+/m0/s1. The van der Waals surface area contributed by atoms with E-state index in [0.29, 0.717) is 28.6 Å². The lowest BCUT2D eigenvalue weighted by molar-refractivity contribution is -0.0414. The third-order valence-electron chi connectivity index (χ3n) is 10.5. The number of aliphatic hydroxyl groups excluding tert-OH is 1. The quantitative estimate of drug-likeness (QED) is 0.489. The smallest absolute Gasteiger partial charge is 0.0543 e. The maximum absolute atomic E-state index is 10.2. The van der Waals surface area contributed by atoms with Crippen LogP contribution in [-0.4, -0.2) is 11.2 Å². The molecule has 0 radical (unpaired) electrons. The SMILES string of the molecule is CC(C)[C@@H](C)/C=C/[C@@H](C)[C@@H]1CC[C@@H]2C3=CC[C@@H]4C[C@H](O)CC[C@@]4(C)[C@@H]3CC[C@@]21C. The van der Waals surface area contributed by atoms with E-state index in [1.54, 1.807) is 0 Å². The molecule has 0 aromatic carbocycles. The average molecular weight is 399 g/mol. The lowest BCUT2D eigenvalue weighted by Crippen LogP contribution is -2.49. The zero-order valence-electron chi connectivity index (χ0n) is 20.0. The van der Waals surface area contributed by atoms with Gasteiger partial charge in [0.25, 0.3) is 0 Å². The molecule has 1 N–H and O–H groups in total. The highest BCUT2D eigenvalue weighted by Crippen LogP contribution is 2.66. The second-order valence-corrected chi connectivity index (χ2v) is 12.3. The number of rotatable bonds is 4. The fourth-order valence-electron chi connectivity index (χ4n) is 8.10. The Kier molecular flexibility index (Phi) is 5.86. The van der Waals surface area contributed by atoms with Crippen LogP contribution in [0.3, 0.4) is 0 Å². The zero-order valence-corrected chi connectivity index (χ0v) is 20.0. The molecular formula is C28H46O. The first-order chi connectivity index (χ1) is 13.7. The van der Waals surface area contributed by atoms with Crippen molar-refractivity contribution in [2.45, 2.75) is 99.0 Å². The fraction of sp³-hybridized carbons (Fsp3) is 0.857. The molecule has 1 heteroatoms. The summed E-state index contributed by atoms with van der Waals surface area (Å²) in [5.41, 5.74) is 2.79. The van der Waals surface area contributed by atoms with E-state index in [1.807, 2.05) is 5.57 Å². The Morgan fingerprint density at radius 2 is 1.62 bits per heavy atom. The van der Waals surface area contributed by atoms with Crippen molar-refractivity contribution in [3.05, 3.63) is 23.8 Å². The Labute approximate surface area is 180 Å². The normalized spacial score (nSPS) is 46.8. The molecule has 0 amide bonds. The molecule has 0 spiro atoms. The van der Waals surface area contributed by atoms with Crippen LogP contribution >= 0.6 is 0 Å². The summed E-state index contributed by atoms with van der Waals surface area (Å²) in [6, 6.07) is 0. The highest BCUT2D eigenvalue weighted by Gasteiger charge is 2.57. The Morgan fingerprint density at radius 3 is 2.34 bits per heavy atom. The first kappa shape index (κ1) is 21.7. The van der Waals surface area contributed by atoms with Gasteiger partial charge in [0.1, 0.15) is 0 Å². The van der Waals surface area contributed by atoms with Crippen LogP contribution < -0.4 is 0 Å². The van der Waals surface area contributed by atoms with Crippen LogP contribution in [0.2, 0.25) is 0 Å². The van der Waals surface area contributed by atoms with Crippen molar-refractivity contribution in [3.63, 3.8) is 0 Å². The van der Waals surface area contributed by atoms with Gasteiger partial charge in [0.05, 0.1) is 6.10 Å². The van der Waals surface area contributed by atoms with Gasteiger partial charge in [0, 0.05) is 0 Å². The van der Waals surface area contributed by atoms with Crippen molar-refractivity contribution in [3.8, 4) is 0 Å². The van der Waals surface area contributed by atoms with Crippen molar-refractivity contribution in [1.82, 2.24) is 0 Å². The molecule has 3 saturated carbocycles. The predicted molar refractivity (Wildman–Crippen MR) is 124 cm³/mol. The maximum Gasteiger partial charge on any atom is 0.0543 e. The second kappa shape index (κ2) is 7.85. The first-order valence-corrected chi connectivity index (χ1v) is 12.7. The highest BCUT2D eigenvalue weighted by atomic mass is 16.3. The molecule has 0 heterocycles. The largest absolute Gasteiger partial charge is 0.393 e. The minimum atomic E-state index is -0.0476. The summed E-state index contributed by atoms with van der Waals surface area (Å²) in [7, 11) is 0. The van der Waals surface area contributed by atoms with Gasteiger partial charge in [0.2, 0.25) is 0 Å². The molecule has 9 atom stereocenters. The number of allylic oxidation sites excluding steroid dienone is 4. The molecule has 0 aromatic rings. The van der Waals surface area contributed by atoms with E-state index in [1.165, 1.54) is 38.5 Å². The summed E-state index contributed by atoms with van der Waals surface area (Å²) in [6.07, 6.45) is 17.8. The summed E-state index contributed by atoms with van der Waals surface area (Å²) in [4.78, 5) is 0. The van der Waals surface area contributed by atoms with E-state index in [0.717, 1.165) is 36.5 Å². The third kappa shape index (κ3) is 3.58. The highest BCUT2D eigenvalue weighted by molar-refractivity contribution is 5.28. The van der Waals surface area contributed by atoms with Crippen LogP contribution in [0.15, 0.2) is 23.8 Å². The minimum absolute atomic E-state index is 0.0476. The van der Waals surface area contributed by atoms with Gasteiger partial charge in [-0.25, -0.2) is 0 Å². The van der Waals surface area contributed by atoms with Crippen molar-refractivity contribution in [2.24, 2.45) is 52.3 Å². The van der Waals surface area contributed by atoms with Gasteiger partial charge in [-0.05, 0) is 104 Å². The van der Waals surface area contributed by atoms with Crippen LogP contribution in [0.25, 0.3) is 0 Å². The van der Waals surface area contributed by atoms with E-state index >= 15 is 0 Å². The van der Waals surface area contributed by atoms with Gasteiger partial charge < -0.3 is 5.11 Å². The number of aliphatic hydroxyl groups is 1. The lowest BCUT2D eigenvalue weighted by atomic mass is 9.47. The summed E-state index contributed by atoms with van der Waals surface area (Å²) in [6.45, 7) is 14.7. The van der Waals surface area contributed by atoms with E-state index in [-0.39, 0.29) is 6.10 Å². The van der Waals surface area contributed by atoms with Crippen LogP contribution in [0.1, 0.15) is 92.9 Å². The Morgan fingerprint density at radius 1 is 0.931 bits per heavy atom. The van der Waals surface area contributed by atoms with Gasteiger partial charge in [-0.1, -0.05) is 65.3 Å². The summed E-state index contributed by atoms with van der Waals surface area (Å²) in [5.74, 6) is 5.25. The number of fused-ring (bicyclic) bond motifs is 5. The lowest BCUT2D eigenvalue weighted by Gasteiger charge is -2.57. The summed E-state index contributed by atoms with van der Waals surface area (Å²) in [5, 5.41) is 10.2. The molecule has 0 unspecified atom stereocenters. The molecule has 4 aliphatic rings. The molecule has 0 bridgehead atoms. The van der Waals surface area contributed by atoms with Gasteiger partial charge >= 0.3 is 0 Å². The number of hydrogen-bond acceptors (Lipinski definition) is 1. The minimum Gasteiger partial charge on any atom is -0.393 e.